The highest BCUT2D eigenvalue weighted by Gasteiger charge is 2.12. The van der Waals surface area contributed by atoms with E-state index in [2.05, 4.69) is 19.4 Å². The van der Waals surface area contributed by atoms with Crippen molar-refractivity contribution in [2.24, 2.45) is 0 Å². The molecule has 0 radical (unpaired) electrons. The first-order valence-electron chi connectivity index (χ1n) is 4.88. The molecule has 0 aliphatic heterocycles. The average Bonchev–Trinajstić information content (AvgIpc) is 2.29. The van der Waals surface area contributed by atoms with Crippen molar-refractivity contribution in [3.05, 3.63) is 18.5 Å². The second-order valence-electron chi connectivity index (χ2n) is 3.17. The SMILES string of the molecule is COC(=O)CCCS(=O)(=O)Nc1ncccn1. The second kappa shape index (κ2) is 6.14. The smallest absolute Gasteiger partial charge is 0.305 e. The van der Waals surface area contributed by atoms with E-state index < -0.39 is 16.0 Å². The largest absolute Gasteiger partial charge is 0.469 e. The van der Waals surface area contributed by atoms with E-state index >= 15 is 0 Å². The van der Waals surface area contributed by atoms with E-state index in [1.165, 1.54) is 19.5 Å². The Hall–Kier alpha value is -1.70. The van der Waals surface area contributed by atoms with Gasteiger partial charge in [-0.25, -0.2) is 18.4 Å². The van der Waals surface area contributed by atoms with E-state index in [0.29, 0.717) is 0 Å². The Morgan fingerprint density at radius 2 is 2.06 bits per heavy atom. The van der Waals surface area contributed by atoms with Crippen molar-refractivity contribution in [2.75, 3.05) is 17.6 Å². The molecule has 1 N–H and O–H groups in total. The summed E-state index contributed by atoms with van der Waals surface area (Å²) in [6, 6.07) is 1.58. The highest BCUT2D eigenvalue weighted by atomic mass is 32.2. The number of sulfonamides is 1. The first kappa shape index (κ1) is 13.4. The van der Waals surface area contributed by atoms with Gasteiger partial charge in [0.25, 0.3) is 0 Å². The summed E-state index contributed by atoms with van der Waals surface area (Å²) in [5.74, 6) is -0.595. The van der Waals surface area contributed by atoms with Crippen LogP contribution in [0.2, 0.25) is 0 Å². The average molecular weight is 259 g/mol. The molecule has 0 aromatic carbocycles. The molecule has 8 heteroatoms. The summed E-state index contributed by atoms with van der Waals surface area (Å²) in [5, 5.41) is 0. The Kier molecular flexibility index (Phi) is 4.83. The second-order valence-corrected chi connectivity index (χ2v) is 5.01. The number of rotatable bonds is 6. The summed E-state index contributed by atoms with van der Waals surface area (Å²) >= 11 is 0. The maximum atomic E-state index is 11.5. The highest BCUT2D eigenvalue weighted by Crippen LogP contribution is 2.02. The third-order valence-electron chi connectivity index (χ3n) is 1.83. The number of carbonyl (C=O) groups excluding carboxylic acids is 1. The van der Waals surface area contributed by atoms with Gasteiger partial charge >= 0.3 is 5.97 Å². The van der Waals surface area contributed by atoms with Crippen LogP contribution in [-0.2, 0) is 19.6 Å². The Balaban J connectivity index is 2.44. The molecule has 1 rings (SSSR count). The van der Waals surface area contributed by atoms with Crippen LogP contribution in [-0.4, -0.2) is 37.2 Å². The van der Waals surface area contributed by atoms with E-state index in [4.69, 9.17) is 0 Å². The summed E-state index contributed by atoms with van der Waals surface area (Å²) in [5.41, 5.74) is 0. The first-order chi connectivity index (χ1) is 8.03. The lowest BCUT2D eigenvalue weighted by Crippen LogP contribution is -2.19. The van der Waals surface area contributed by atoms with Crippen molar-refractivity contribution in [2.45, 2.75) is 12.8 Å². The molecule has 1 aromatic rings. The van der Waals surface area contributed by atoms with Crippen LogP contribution in [0.4, 0.5) is 5.95 Å². The molecule has 0 aliphatic carbocycles. The van der Waals surface area contributed by atoms with Gasteiger partial charge in [0, 0.05) is 18.8 Å². The van der Waals surface area contributed by atoms with Crippen LogP contribution in [0.1, 0.15) is 12.8 Å². The number of nitrogens with zero attached hydrogens (tertiary/aromatic N) is 2. The molecule has 0 unspecified atom stereocenters. The van der Waals surface area contributed by atoms with Gasteiger partial charge in [-0.3, -0.25) is 9.52 Å². The Morgan fingerprint density at radius 1 is 1.41 bits per heavy atom. The lowest BCUT2D eigenvalue weighted by Gasteiger charge is -2.05. The zero-order valence-corrected chi connectivity index (χ0v) is 10.1. The van der Waals surface area contributed by atoms with Crippen molar-refractivity contribution in [3.63, 3.8) is 0 Å². The van der Waals surface area contributed by atoms with Crippen LogP contribution in [0.15, 0.2) is 18.5 Å². The number of aromatic nitrogens is 2. The maximum Gasteiger partial charge on any atom is 0.305 e. The summed E-state index contributed by atoms with van der Waals surface area (Å²) in [6.07, 6.45) is 3.11. The number of nitrogens with one attached hydrogen (secondary N) is 1. The minimum absolute atomic E-state index is 0.0190. The number of hydrogen-bond acceptors (Lipinski definition) is 6. The Morgan fingerprint density at radius 3 is 2.65 bits per heavy atom. The summed E-state index contributed by atoms with van der Waals surface area (Å²) in [6.45, 7) is 0. The van der Waals surface area contributed by atoms with Gasteiger partial charge in [0.05, 0.1) is 12.9 Å². The normalized spacial score (nSPS) is 10.9. The van der Waals surface area contributed by atoms with Crippen LogP contribution >= 0.6 is 0 Å². The van der Waals surface area contributed by atoms with Crippen molar-refractivity contribution in [1.82, 2.24) is 9.97 Å². The number of esters is 1. The predicted octanol–water partition coefficient (Wildman–Crippen LogP) is 0.171. The summed E-state index contributed by atoms with van der Waals surface area (Å²) in [4.78, 5) is 18.3. The fourth-order valence-corrected chi connectivity index (χ4v) is 2.06. The van der Waals surface area contributed by atoms with E-state index in [9.17, 15) is 13.2 Å². The number of ether oxygens (including phenoxy) is 1. The van der Waals surface area contributed by atoms with Gasteiger partial charge in [-0.1, -0.05) is 0 Å². The minimum atomic E-state index is -3.52. The molecule has 1 aromatic heterocycles. The number of anilines is 1. The van der Waals surface area contributed by atoms with E-state index in [1.807, 2.05) is 0 Å². The van der Waals surface area contributed by atoms with Crippen LogP contribution < -0.4 is 4.72 Å². The standard InChI is InChI=1S/C9H13N3O4S/c1-16-8(13)4-2-7-17(14,15)12-9-10-5-3-6-11-9/h3,5-6H,2,4,7H2,1H3,(H,10,11,12). The van der Waals surface area contributed by atoms with Gasteiger partial charge in [-0.05, 0) is 12.5 Å². The van der Waals surface area contributed by atoms with Crippen LogP contribution in [0.25, 0.3) is 0 Å². The molecule has 0 fully saturated rings. The summed E-state index contributed by atoms with van der Waals surface area (Å²) in [7, 11) is -2.26. The Labute approximate surface area is 99.3 Å². The van der Waals surface area contributed by atoms with Gasteiger partial charge in [0.2, 0.25) is 16.0 Å². The van der Waals surface area contributed by atoms with Gasteiger partial charge in [0.1, 0.15) is 0 Å². The van der Waals surface area contributed by atoms with Gasteiger partial charge < -0.3 is 4.74 Å². The monoisotopic (exact) mass is 259 g/mol. The van der Waals surface area contributed by atoms with Crippen molar-refractivity contribution < 1.29 is 17.9 Å². The lowest BCUT2D eigenvalue weighted by molar-refractivity contribution is -0.140. The van der Waals surface area contributed by atoms with Crippen molar-refractivity contribution in [3.8, 4) is 0 Å². The molecule has 0 bridgehead atoms. The zero-order valence-electron chi connectivity index (χ0n) is 9.29. The van der Waals surface area contributed by atoms with Crippen molar-refractivity contribution in [1.29, 1.82) is 0 Å². The van der Waals surface area contributed by atoms with E-state index in [-0.39, 0.29) is 24.5 Å². The first-order valence-corrected chi connectivity index (χ1v) is 6.53. The lowest BCUT2D eigenvalue weighted by atomic mass is 10.3. The molecule has 0 saturated heterocycles. The molecular formula is C9H13N3O4S. The maximum absolute atomic E-state index is 11.5. The molecule has 0 saturated carbocycles. The third-order valence-corrected chi connectivity index (χ3v) is 3.15. The van der Waals surface area contributed by atoms with Gasteiger partial charge in [-0.15, -0.1) is 0 Å². The predicted molar refractivity (Wildman–Crippen MR) is 60.7 cm³/mol. The Bertz CT molecular complexity index is 460. The zero-order chi connectivity index (χ0) is 12.7. The van der Waals surface area contributed by atoms with E-state index in [1.54, 1.807) is 6.07 Å². The third kappa shape index (κ3) is 5.25. The fraction of sp³-hybridized carbons (Fsp3) is 0.444. The molecule has 17 heavy (non-hydrogen) atoms. The highest BCUT2D eigenvalue weighted by molar-refractivity contribution is 7.92. The molecular weight excluding hydrogens is 246 g/mol. The number of carbonyl (C=O) groups is 1. The van der Waals surface area contributed by atoms with E-state index in [0.717, 1.165) is 0 Å². The molecule has 1 heterocycles. The molecule has 0 amide bonds. The molecule has 7 nitrogen and oxygen atoms in total. The molecule has 0 aliphatic rings. The van der Waals surface area contributed by atoms with Crippen LogP contribution in [0.5, 0.6) is 0 Å². The number of methoxy groups -OCH3 is 1. The molecule has 94 valence electrons. The van der Waals surface area contributed by atoms with Gasteiger partial charge in [-0.2, -0.15) is 0 Å². The van der Waals surface area contributed by atoms with Crippen LogP contribution in [0, 0.1) is 0 Å². The molecule has 0 atom stereocenters. The van der Waals surface area contributed by atoms with Crippen molar-refractivity contribution >= 4 is 21.9 Å². The fourth-order valence-electron chi connectivity index (χ4n) is 1.05. The summed E-state index contributed by atoms with van der Waals surface area (Å²) < 4.78 is 29.7. The quantitative estimate of drug-likeness (QED) is 0.731. The topological polar surface area (TPSA) is 98.2 Å². The molecule has 0 spiro atoms. The number of hydrogen-bond donors (Lipinski definition) is 1. The van der Waals surface area contributed by atoms with Crippen LogP contribution in [0.3, 0.4) is 0 Å². The minimum Gasteiger partial charge on any atom is -0.469 e. The van der Waals surface area contributed by atoms with Gasteiger partial charge in [0.15, 0.2) is 0 Å².